The van der Waals surface area contributed by atoms with Crippen LogP contribution in [0.1, 0.15) is 151 Å². The fourth-order valence-corrected chi connectivity index (χ4v) is 13.9. The summed E-state index contributed by atoms with van der Waals surface area (Å²) in [6.45, 7) is 5.08. The van der Waals surface area contributed by atoms with E-state index in [9.17, 15) is 43.2 Å². The van der Waals surface area contributed by atoms with E-state index >= 15 is 0 Å². The molecule has 9 amide bonds. The van der Waals surface area contributed by atoms with E-state index in [4.69, 9.17) is 4.74 Å². The highest BCUT2D eigenvalue weighted by molar-refractivity contribution is 5.97. The molecule has 22 heteroatoms. The van der Waals surface area contributed by atoms with Crippen molar-refractivity contribution in [2.24, 2.45) is 11.8 Å². The molecule has 11 atom stereocenters. The van der Waals surface area contributed by atoms with E-state index < -0.39 is 66.1 Å². The normalized spacial score (nSPS) is 21.9. The van der Waals surface area contributed by atoms with Gasteiger partial charge < -0.3 is 67.7 Å². The van der Waals surface area contributed by atoms with Crippen LogP contribution in [0.5, 0.6) is 0 Å². The molecule has 4 aliphatic rings. The third kappa shape index (κ3) is 20.0. The Hall–Kier alpha value is -8.05. The molecule has 508 valence electrons. The number of fused-ring (bicyclic) bond motifs is 2. The minimum Gasteiger partial charge on any atom is -0.362 e. The number of unbranched alkanes of at least 4 members (excludes halogenated alkanes) is 5. The Balaban J connectivity index is 0.734. The van der Waals surface area contributed by atoms with Crippen molar-refractivity contribution in [3.63, 3.8) is 0 Å². The highest BCUT2D eigenvalue weighted by Gasteiger charge is 2.50. The highest BCUT2D eigenvalue weighted by atomic mass is 16.5. The molecular weight excluding hydrogens is 1190 g/mol. The van der Waals surface area contributed by atoms with Gasteiger partial charge in [-0.05, 0) is 113 Å². The molecule has 10 N–H and O–H groups in total. The van der Waals surface area contributed by atoms with E-state index in [0.29, 0.717) is 102 Å². The monoisotopic (exact) mass is 1290 g/mol. The minimum absolute atomic E-state index is 0.0656. The molecule has 0 aromatic heterocycles. The first-order valence-electron chi connectivity index (χ1n) is 34.2. The number of carbonyl (C=O) groups excluding carboxylic acids is 9. The largest absolute Gasteiger partial charge is 0.362 e. The molecule has 94 heavy (non-hydrogen) atoms. The average Bonchev–Trinajstić information content (AvgIpc) is 1.64. The van der Waals surface area contributed by atoms with Crippen molar-refractivity contribution in [2.45, 2.75) is 184 Å². The number of hydrogen-bond acceptors (Lipinski definition) is 13. The molecule has 0 unspecified atom stereocenters. The third-order valence-corrected chi connectivity index (χ3v) is 19.1. The lowest BCUT2D eigenvalue weighted by Crippen LogP contribution is -2.59. The summed E-state index contributed by atoms with van der Waals surface area (Å²) in [5.74, 6) is -3.80. The van der Waals surface area contributed by atoms with Crippen molar-refractivity contribution in [2.75, 3.05) is 53.5 Å². The van der Waals surface area contributed by atoms with Gasteiger partial charge in [-0.25, -0.2) is 0 Å². The lowest BCUT2D eigenvalue weighted by Gasteiger charge is -2.33. The van der Waals surface area contributed by atoms with Crippen molar-refractivity contribution in [1.82, 2.24) is 63.0 Å². The highest BCUT2D eigenvalue weighted by Crippen LogP contribution is 2.37. The number of benzene rings is 4. The number of nitrogens with zero attached hydrogens (tertiary/aromatic N) is 2. The topological polar surface area (TPSA) is 290 Å². The van der Waals surface area contributed by atoms with Gasteiger partial charge in [-0.1, -0.05) is 161 Å². The predicted octanol–water partition coefficient (Wildman–Crippen LogP) is 4.75. The van der Waals surface area contributed by atoms with Crippen LogP contribution in [0.2, 0.25) is 0 Å². The molecule has 0 spiro atoms. The SMILES string of the molecule is CC[C@H](NC)C(=O)N[C@@H]1C(=O)N2[C@@H](CC[C@@H]1CNC(=O)COCC(=O)NCCCCCCCCNC(=O)[C@@H](NC(=O)[C@@H]1CC[C@@H]3CC[C@H](CNCc4ccccc4)[C@H](NC(=O)[C@H](CC)NC)C(=O)N31)c1ccccc1)CC[C@H]2C(=O)NC(c1ccccc1)c1ccccc1. The standard InChI is InChI=1S/C72H100N12O10/c1-5-56(73-3)66(87)81-64-52(44-75-43-48-25-15-11-16-26-48)33-35-54-38-40-59(84(54)71(64)92)69(90)80-63(51-31-21-14-22-32-51)70(91)77-42-24-10-8-7-9-23-41-76-60(85)46-94-47-61(86)78-45-53-34-36-55-37-39-58(83(55)72(93)65(53)82-67(88)57(6-2)74-4)68(89)79-62(49-27-17-12-18-28-49)50-29-19-13-20-30-50/h11-22,25-32,52-59,62-65,73-75H,5-10,23-24,33-47H2,1-4H3,(H,76,85)(H,77,91)(H,78,86)(H,79,89)(H,80,90)(H,81,87)(H,82,88)/t52-,53-,54+,55+,56+,57+,58+,59+,63+,64+,65+/m1/s1. The molecule has 4 fully saturated rings. The van der Waals surface area contributed by atoms with Crippen LogP contribution in [0.4, 0.5) is 0 Å². The van der Waals surface area contributed by atoms with Gasteiger partial charge in [-0.2, -0.15) is 0 Å². The Morgan fingerprint density at radius 1 is 0.479 bits per heavy atom. The molecule has 4 aromatic rings. The number of likely N-dealkylation sites (N-methyl/N-ethyl adjacent to an activating group) is 2. The Labute approximate surface area is 554 Å². The van der Waals surface area contributed by atoms with Gasteiger partial charge in [-0.15, -0.1) is 0 Å². The van der Waals surface area contributed by atoms with Gasteiger partial charge in [0.25, 0.3) is 0 Å². The quantitative estimate of drug-likeness (QED) is 0.0279. The Morgan fingerprint density at radius 2 is 0.904 bits per heavy atom. The van der Waals surface area contributed by atoms with Crippen LogP contribution in [0, 0.1) is 11.8 Å². The van der Waals surface area contributed by atoms with E-state index in [1.54, 1.807) is 36.0 Å². The second-order valence-electron chi connectivity index (χ2n) is 25.4. The lowest BCUT2D eigenvalue weighted by molar-refractivity contribution is -0.144. The molecule has 0 aliphatic carbocycles. The minimum atomic E-state index is -1.01. The van der Waals surface area contributed by atoms with Crippen LogP contribution in [0.3, 0.4) is 0 Å². The number of carbonyl (C=O) groups is 9. The second-order valence-corrected chi connectivity index (χ2v) is 25.4. The van der Waals surface area contributed by atoms with Crippen LogP contribution < -0.4 is 53.2 Å². The van der Waals surface area contributed by atoms with Crippen molar-refractivity contribution >= 4 is 53.2 Å². The van der Waals surface area contributed by atoms with Crippen LogP contribution in [-0.4, -0.2) is 165 Å². The molecule has 4 heterocycles. The molecule has 0 bridgehead atoms. The van der Waals surface area contributed by atoms with Gasteiger partial charge in [0.15, 0.2) is 0 Å². The Kier molecular flexibility index (Phi) is 28.4. The fraction of sp³-hybridized carbons (Fsp3) is 0.542. The summed E-state index contributed by atoms with van der Waals surface area (Å²) in [5, 5.41) is 30.6. The van der Waals surface area contributed by atoms with E-state index in [1.807, 2.05) is 123 Å². The maximum Gasteiger partial charge on any atom is 0.247 e. The van der Waals surface area contributed by atoms with Crippen molar-refractivity contribution in [1.29, 1.82) is 0 Å². The molecule has 8 rings (SSSR count). The zero-order valence-corrected chi connectivity index (χ0v) is 55.2. The molecule has 4 aliphatic heterocycles. The molecule has 4 saturated heterocycles. The van der Waals surface area contributed by atoms with Crippen LogP contribution in [-0.2, 0) is 54.4 Å². The van der Waals surface area contributed by atoms with E-state index in [-0.39, 0.29) is 79.1 Å². The Bertz CT molecular complexity index is 3050. The molecule has 22 nitrogen and oxygen atoms in total. The first kappa shape index (κ1) is 71.8. The number of amides is 9. The van der Waals surface area contributed by atoms with Gasteiger partial charge in [-0.3, -0.25) is 43.2 Å². The molecule has 0 saturated carbocycles. The maximum absolute atomic E-state index is 14.7. The maximum atomic E-state index is 14.7. The van der Waals surface area contributed by atoms with Crippen LogP contribution in [0.15, 0.2) is 121 Å². The van der Waals surface area contributed by atoms with Gasteiger partial charge in [0.2, 0.25) is 53.2 Å². The third-order valence-electron chi connectivity index (χ3n) is 19.1. The fourth-order valence-electron chi connectivity index (χ4n) is 13.9. The van der Waals surface area contributed by atoms with Gasteiger partial charge in [0.1, 0.15) is 43.4 Å². The summed E-state index contributed by atoms with van der Waals surface area (Å²) < 4.78 is 5.50. The molecule has 0 radical (unpaired) electrons. The van der Waals surface area contributed by atoms with Crippen molar-refractivity contribution in [3.8, 4) is 0 Å². The van der Waals surface area contributed by atoms with E-state index in [2.05, 4.69) is 53.2 Å². The number of ether oxygens (including phenoxy) is 1. The van der Waals surface area contributed by atoms with Gasteiger partial charge in [0.05, 0.1) is 18.1 Å². The first-order chi connectivity index (χ1) is 45.7. The van der Waals surface area contributed by atoms with Crippen molar-refractivity contribution < 1.29 is 47.9 Å². The Morgan fingerprint density at radius 3 is 1.39 bits per heavy atom. The van der Waals surface area contributed by atoms with Crippen LogP contribution >= 0.6 is 0 Å². The summed E-state index contributed by atoms with van der Waals surface area (Å²) >= 11 is 0. The zero-order chi connectivity index (χ0) is 66.8. The lowest BCUT2D eigenvalue weighted by atomic mass is 9.92. The summed E-state index contributed by atoms with van der Waals surface area (Å²) in [6.07, 6.45) is 10.6. The number of hydrogen-bond donors (Lipinski definition) is 10. The summed E-state index contributed by atoms with van der Waals surface area (Å²) in [4.78, 5) is 129. The van der Waals surface area contributed by atoms with Gasteiger partial charge in [0, 0.05) is 56.6 Å². The summed E-state index contributed by atoms with van der Waals surface area (Å²) in [7, 11) is 3.40. The first-order valence-corrected chi connectivity index (χ1v) is 34.2. The molecular formula is C72H100N12O10. The second kappa shape index (κ2) is 37.1. The number of rotatable bonds is 35. The van der Waals surface area contributed by atoms with E-state index in [1.165, 1.54) is 0 Å². The summed E-state index contributed by atoms with van der Waals surface area (Å²) in [5.41, 5.74) is 3.54. The van der Waals surface area contributed by atoms with Gasteiger partial charge >= 0.3 is 0 Å². The predicted molar refractivity (Wildman–Crippen MR) is 359 cm³/mol. The van der Waals surface area contributed by atoms with E-state index in [0.717, 1.165) is 48.8 Å². The molecule has 4 aromatic carbocycles. The smallest absolute Gasteiger partial charge is 0.247 e. The number of nitrogens with one attached hydrogen (secondary N) is 10. The summed E-state index contributed by atoms with van der Waals surface area (Å²) in [6, 6.07) is 32.2. The zero-order valence-electron chi connectivity index (χ0n) is 55.2. The van der Waals surface area contributed by atoms with Crippen molar-refractivity contribution in [3.05, 3.63) is 144 Å². The average molecular weight is 1290 g/mol. The van der Waals surface area contributed by atoms with Crippen LogP contribution in [0.25, 0.3) is 0 Å².